The Bertz CT molecular complexity index is 161. The second kappa shape index (κ2) is 7.08. The molecule has 1 aliphatic heterocycles. The lowest BCUT2D eigenvalue weighted by Gasteiger charge is -2.24. The maximum atomic E-state index is 3.80. The van der Waals surface area contributed by atoms with E-state index in [0.29, 0.717) is 0 Å². The zero-order chi connectivity index (χ0) is 10.3. The van der Waals surface area contributed by atoms with Gasteiger partial charge in [-0.1, -0.05) is 25.7 Å². The number of hydrogen-bond donors (Lipinski definition) is 1. The minimum absolute atomic E-state index is 0.833. The summed E-state index contributed by atoms with van der Waals surface area (Å²) in [6.45, 7) is 1.25. The van der Waals surface area contributed by atoms with Crippen LogP contribution in [0, 0.1) is 0 Å². The lowest BCUT2D eigenvalue weighted by molar-refractivity contribution is 0.463. The van der Waals surface area contributed by atoms with Crippen LogP contribution in [0.25, 0.3) is 0 Å². The molecule has 0 radical (unpaired) electrons. The summed E-state index contributed by atoms with van der Waals surface area (Å²) in [6, 6.07) is 0.833. The molecule has 0 aromatic carbocycles. The molecule has 3 heteroatoms. The number of nitrogens with one attached hydrogen (secondary N) is 1. The van der Waals surface area contributed by atoms with Gasteiger partial charge in [0.25, 0.3) is 0 Å². The average Bonchev–Trinajstić information content (AvgIpc) is 2.56. The number of rotatable bonds is 3. The lowest BCUT2D eigenvalue weighted by Crippen LogP contribution is -2.36. The SMILES string of the molecule is C1CCCC(NCC2CSCCS2)CC1. The van der Waals surface area contributed by atoms with Gasteiger partial charge in [-0.3, -0.25) is 0 Å². The first-order chi connectivity index (χ1) is 7.45. The van der Waals surface area contributed by atoms with Gasteiger partial charge in [-0.05, 0) is 12.8 Å². The fraction of sp³-hybridized carbons (Fsp3) is 1.00. The summed E-state index contributed by atoms with van der Waals surface area (Å²) >= 11 is 4.31. The van der Waals surface area contributed by atoms with Crippen LogP contribution < -0.4 is 5.32 Å². The Morgan fingerprint density at radius 3 is 2.47 bits per heavy atom. The van der Waals surface area contributed by atoms with Gasteiger partial charge in [-0.25, -0.2) is 0 Å². The van der Waals surface area contributed by atoms with E-state index < -0.39 is 0 Å². The first-order valence-electron chi connectivity index (χ1n) is 6.38. The molecule has 2 aliphatic rings. The normalized spacial score (nSPS) is 30.0. The molecular weight excluding hydrogens is 222 g/mol. The third-order valence-corrected chi connectivity index (χ3v) is 6.22. The molecule has 1 atom stereocenters. The molecule has 2 fully saturated rings. The molecule has 1 nitrogen and oxygen atoms in total. The molecule has 1 unspecified atom stereocenters. The molecule has 1 N–H and O–H groups in total. The number of thioether (sulfide) groups is 2. The van der Waals surface area contributed by atoms with Crippen molar-refractivity contribution in [3.05, 3.63) is 0 Å². The monoisotopic (exact) mass is 245 g/mol. The predicted octanol–water partition coefficient (Wildman–Crippen LogP) is 3.15. The molecule has 1 aliphatic carbocycles. The van der Waals surface area contributed by atoms with Gasteiger partial charge in [-0.15, -0.1) is 0 Å². The second-order valence-corrected chi connectivity index (χ2v) is 7.22. The van der Waals surface area contributed by atoms with E-state index in [4.69, 9.17) is 0 Å². The van der Waals surface area contributed by atoms with Crippen LogP contribution in [0.5, 0.6) is 0 Å². The van der Waals surface area contributed by atoms with Crippen molar-refractivity contribution in [2.75, 3.05) is 23.8 Å². The summed E-state index contributed by atoms with van der Waals surface area (Å²) in [6.07, 6.45) is 8.67. The second-order valence-electron chi connectivity index (χ2n) is 4.66. The highest BCUT2D eigenvalue weighted by Gasteiger charge is 2.17. The maximum absolute atomic E-state index is 3.80. The van der Waals surface area contributed by atoms with Gasteiger partial charge in [-0.2, -0.15) is 23.5 Å². The van der Waals surface area contributed by atoms with Gasteiger partial charge >= 0.3 is 0 Å². The van der Waals surface area contributed by atoms with Crippen molar-refractivity contribution in [3.8, 4) is 0 Å². The van der Waals surface area contributed by atoms with Crippen molar-refractivity contribution in [1.29, 1.82) is 0 Å². The summed E-state index contributed by atoms with van der Waals surface area (Å²) in [5.74, 6) is 4.09. The maximum Gasteiger partial charge on any atom is 0.0263 e. The van der Waals surface area contributed by atoms with Crippen LogP contribution in [0.1, 0.15) is 38.5 Å². The van der Waals surface area contributed by atoms with Gasteiger partial charge in [0.2, 0.25) is 0 Å². The van der Waals surface area contributed by atoms with Crippen LogP contribution >= 0.6 is 23.5 Å². The van der Waals surface area contributed by atoms with Crippen LogP contribution in [0.4, 0.5) is 0 Å². The highest BCUT2D eigenvalue weighted by Crippen LogP contribution is 2.24. The minimum Gasteiger partial charge on any atom is -0.313 e. The van der Waals surface area contributed by atoms with Crippen molar-refractivity contribution in [3.63, 3.8) is 0 Å². The predicted molar refractivity (Wildman–Crippen MR) is 73.1 cm³/mol. The fourth-order valence-corrected chi connectivity index (χ4v) is 5.06. The van der Waals surface area contributed by atoms with Crippen LogP contribution in [-0.2, 0) is 0 Å². The molecule has 0 aromatic rings. The molecular formula is C12H23NS2. The minimum atomic E-state index is 0.833. The van der Waals surface area contributed by atoms with Gasteiger partial charge < -0.3 is 5.32 Å². The Kier molecular flexibility index (Phi) is 5.72. The van der Waals surface area contributed by atoms with Gasteiger partial charge in [0, 0.05) is 35.1 Å². The third kappa shape index (κ3) is 4.58. The zero-order valence-corrected chi connectivity index (χ0v) is 11.2. The molecule has 0 aromatic heterocycles. The molecule has 15 heavy (non-hydrogen) atoms. The van der Waals surface area contributed by atoms with E-state index in [-0.39, 0.29) is 0 Å². The van der Waals surface area contributed by atoms with Gasteiger partial charge in [0.05, 0.1) is 0 Å². The third-order valence-electron chi connectivity index (χ3n) is 3.37. The Morgan fingerprint density at radius 1 is 1.00 bits per heavy atom. The van der Waals surface area contributed by atoms with Crippen LogP contribution in [0.2, 0.25) is 0 Å². The van der Waals surface area contributed by atoms with Crippen molar-refractivity contribution in [1.82, 2.24) is 5.32 Å². The lowest BCUT2D eigenvalue weighted by atomic mass is 10.1. The first-order valence-corrected chi connectivity index (χ1v) is 8.58. The molecule has 0 spiro atoms. The highest BCUT2D eigenvalue weighted by atomic mass is 32.2. The van der Waals surface area contributed by atoms with Crippen molar-refractivity contribution < 1.29 is 0 Å². The summed E-state index contributed by atoms with van der Waals surface area (Å²) in [5, 5.41) is 4.68. The Hall–Kier alpha value is 0.660. The summed E-state index contributed by atoms with van der Waals surface area (Å²) in [4.78, 5) is 0. The summed E-state index contributed by atoms with van der Waals surface area (Å²) in [7, 11) is 0. The molecule has 1 heterocycles. The van der Waals surface area contributed by atoms with Crippen molar-refractivity contribution >= 4 is 23.5 Å². The van der Waals surface area contributed by atoms with Crippen molar-refractivity contribution in [2.24, 2.45) is 0 Å². The zero-order valence-electron chi connectivity index (χ0n) is 9.54. The smallest absolute Gasteiger partial charge is 0.0263 e. The first kappa shape index (κ1) is 12.1. The molecule has 88 valence electrons. The standard InChI is InChI=1S/C12H23NS2/c1-2-4-6-11(5-3-1)13-9-12-10-14-7-8-15-12/h11-13H,1-10H2. The summed E-state index contributed by atoms with van der Waals surface area (Å²) in [5.41, 5.74) is 0. The molecule has 1 saturated carbocycles. The van der Waals surface area contributed by atoms with E-state index in [1.54, 1.807) is 0 Å². The molecule has 2 rings (SSSR count). The summed E-state index contributed by atoms with van der Waals surface area (Å²) < 4.78 is 0. The van der Waals surface area contributed by atoms with Crippen LogP contribution in [0.3, 0.4) is 0 Å². The van der Waals surface area contributed by atoms with Crippen molar-refractivity contribution in [2.45, 2.75) is 49.8 Å². The van der Waals surface area contributed by atoms with E-state index in [1.165, 1.54) is 62.3 Å². The fourth-order valence-electron chi connectivity index (χ4n) is 2.44. The van der Waals surface area contributed by atoms with E-state index in [2.05, 4.69) is 28.8 Å². The van der Waals surface area contributed by atoms with Crippen LogP contribution in [0.15, 0.2) is 0 Å². The highest BCUT2D eigenvalue weighted by molar-refractivity contribution is 8.06. The Balaban J connectivity index is 1.62. The average molecular weight is 245 g/mol. The quantitative estimate of drug-likeness (QED) is 0.767. The van der Waals surface area contributed by atoms with E-state index in [9.17, 15) is 0 Å². The molecule has 1 saturated heterocycles. The van der Waals surface area contributed by atoms with E-state index in [0.717, 1.165) is 11.3 Å². The van der Waals surface area contributed by atoms with Gasteiger partial charge in [0.1, 0.15) is 0 Å². The van der Waals surface area contributed by atoms with E-state index >= 15 is 0 Å². The molecule has 0 bridgehead atoms. The topological polar surface area (TPSA) is 12.0 Å². The molecule has 0 amide bonds. The Labute approximate surface area is 103 Å². The number of hydrogen-bond acceptors (Lipinski definition) is 3. The Morgan fingerprint density at radius 2 is 1.80 bits per heavy atom. The van der Waals surface area contributed by atoms with Crippen LogP contribution in [-0.4, -0.2) is 35.1 Å². The van der Waals surface area contributed by atoms with Gasteiger partial charge in [0.15, 0.2) is 0 Å². The largest absolute Gasteiger partial charge is 0.313 e. The van der Waals surface area contributed by atoms with E-state index in [1.807, 2.05) is 0 Å².